The minimum atomic E-state index is -0.930. The van der Waals surface area contributed by atoms with Gasteiger partial charge in [-0.15, -0.1) is 0 Å². The number of rotatable bonds is 14. The molecule has 39 heavy (non-hydrogen) atoms. The molecule has 4 atom stereocenters. The molecule has 0 aliphatic heterocycles. The highest BCUT2D eigenvalue weighted by atomic mass is 16.5. The number of aliphatic hydroxyl groups excluding tert-OH is 1. The highest BCUT2D eigenvalue weighted by Gasteiger charge is 2.32. The van der Waals surface area contributed by atoms with Crippen LogP contribution in [0.4, 0.5) is 0 Å². The predicted octanol–water partition coefficient (Wildman–Crippen LogP) is 4.16. The van der Waals surface area contributed by atoms with Crippen molar-refractivity contribution in [1.29, 1.82) is 0 Å². The first-order chi connectivity index (χ1) is 18.7. The van der Waals surface area contributed by atoms with Crippen molar-refractivity contribution in [2.24, 2.45) is 23.5 Å². The molecule has 7 nitrogen and oxygen atoms in total. The largest absolute Gasteiger partial charge is 0.391 e. The number of nitrogens with two attached hydrogens (primary N) is 1. The van der Waals surface area contributed by atoms with E-state index in [9.17, 15) is 14.7 Å². The molecule has 0 aromatic heterocycles. The lowest BCUT2D eigenvalue weighted by molar-refractivity contribution is -0.134. The van der Waals surface area contributed by atoms with Gasteiger partial charge in [-0.3, -0.25) is 9.59 Å². The van der Waals surface area contributed by atoms with Gasteiger partial charge in [0.2, 0.25) is 11.8 Å². The van der Waals surface area contributed by atoms with Crippen molar-refractivity contribution >= 4 is 22.6 Å². The van der Waals surface area contributed by atoms with E-state index in [1.807, 2.05) is 82.3 Å². The van der Waals surface area contributed by atoms with E-state index in [0.29, 0.717) is 13.2 Å². The lowest BCUT2D eigenvalue weighted by Crippen LogP contribution is -2.52. The van der Waals surface area contributed by atoms with Gasteiger partial charge < -0.3 is 26.2 Å². The monoisotopic (exact) mass is 533 g/mol. The van der Waals surface area contributed by atoms with Crippen molar-refractivity contribution in [3.8, 4) is 0 Å². The van der Waals surface area contributed by atoms with Crippen LogP contribution in [0.25, 0.3) is 10.8 Å². The first-order valence-corrected chi connectivity index (χ1v) is 13.8. The summed E-state index contributed by atoms with van der Waals surface area (Å²) in [5.74, 6) is -1.16. The smallest absolute Gasteiger partial charge is 0.243 e. The number of amides is 2. The summed E-state index contributed by atoms with van der Waals surface area (Å²) in [7, 11) is 0. The second-order valence-corrected chi connectivity index (χ2v) is 10.9. The Balaban J connectivity index is 1.53. The van der Waals surface area contributed by atoms with Gasteiger partial charge in [0.25, 0.3) is 0 Å². The molecule has 0 spiro atoms. The second-order valence-electron chi connectivity index (χ2n) is 10.9. The molecule has 0 aliphatic rings. The molecule has 3 rings (SSSR count). The maximum atomic E-state index is 13.3. The van der Waals surface area contributed by atoms with Crippen LogP contribution in [0.3, 0.4) is 0 Å². The van der Waals surface area contributed by atoms with Crippen molar-refractivity contribution in [3.63, 3.8) is 0 Å². The summed E-state index contributed by atoms with van der Waals surface area (Å²) in [6, 6.07) is 22.5. The number of hydrogen-bond donors (Lipinski definition) is 4. The van der Waals surface area contributed by atoms with E-state index in [1.165, 1.54) is 0 Å². The van der Waals surface area contributed by atoms with Crippen LogP contribution in [0.15, 0.2) is 72.8 Å². The average molecular weight is 534 g/mol. The van der Waals surface area contributed by atoms with E-state index in [4.69, 9.17) is 10.5 Å². The van der Waals surface area contributed by atoms with Crippen LogP contribution < -0.4 is 16.4 Å². The van der Waals surface area contributed by atoms with Crippen LogP contribution in [0.5, 0.6) is 0 Å². The standard InChI is InChI=1S/C32H43N3O4/c1-21(2)27(31(37)35-30(22(3)4)32(38)34-18-23-11-6-5-7-12-23)17-29(36)28(33)20-39-19-25-15-10-14-24-13-8-9-16-26(24)25/h5-16,21-22,27-30,36H,17-20,33H2,1-4H3,(H,34,38)(H,35,37). The maximum Gasteiger partial charge on any atom is 0.243 e. The fourth-order valence-corrected chi connectivity index (χ4v) is 4.64. The van der Waals surface area contributed by atoms with Gasteiger partial charge in [-0.2, -0.15) is 0 Å². The molecular weight excluding hydrogens is 490 g/mol. The fraction of sp³-hybridized carbons (Fsp3) is 0.438. The molecule has 5 N–H and O–H groups in total. The molecule has 7 heteroatoms. The third-order valence-corrected chi connectivity index (χ3v) is 7.14. The van der Waals surface area contributed by atoms with Gasteiger partial charge in [0, 0.05) is 12.5 Å². The van der Waals surface area contributed by atoms with E-state index in [2.05, 4.69) is 28.8 Å². The van der Waals surface area contributed by atoms with E-state index in [0.717, 1.165) is 21.9 Å². The molecule has 0 saturated carbocycles. The molecule has 210 valence electrons. The van der Waals surface area contributed by atoms with E-state index >= 15 is 0 Å². The molecule has 0 radical (unpaired) electrons. The van der Waals surface area contributed by atoms with Crippen LogP contribution in [-0.2, 0) is 27.5 Å². The highest BCUT2D eigenvalue weighted by Crippen LogP contribution is 2.21. The number of ether oxygens (including phenoxy) is 1. The van der Waals surface area contributed by atoms with E-state index in [-0.39, 0.29) is 36.7 Å². The molecule has 4 unspecified atom stereocenters. The summed E-state index contributed by atoms with van der Waals surface area (Å²) >= 11 is 0. The fourth-order valence-electron chi connectivity index (χ4n) is 4.64. The Morgan fingerprint density at radius 2 is 1.54 bits per heavy atom. The third-order valence-electron chi connectivity index (χ3n) is 7.14. The number of benzene rings is 3. The summed E-state index contributed by atoms with van der Waals surface area (Å²) in [5.41, 5.74) is 8.31. The number of aliphatic hydroxyl groups is 1. The maximum absolute atomic E-state index is 13.3. The van der Waals surface area contributed by atoms with Crippen LogP contribution in [0.1, 0.15) is 45.2 Å². The summed E-state index contributed by atoms with van der Waals surface area (Å²) < 4.78 is 5.87. The molecule has 0 heterocycles. The van der Waals surface area contributed by atoms with Crippen molar-refractivity contribution in [3.05, 3.63) is 83.9 Å². The zero-order valence-electron chi connectivity index (χ0n) is 23.5. The number of carbonyl (C=O) groups is 2. The average Bonchev–Trinajstić information content (AvgIpc) is 2.93. The summed E-state index contributed by atoms with van der Waals surface area (Å²) in [5, 5.41) is 19.0. The summed E-state index contributed by atoms with van der Waals surface area (Å²) in [4.78, 5) is 26.2. The van der Waals surface area contributed by atoms with Crippen LogP contribution in [0.2, 0.25) is 0 Å². The van der Waals surface area contributed by atoms with Crippen molar-refractivity contribution in [2.75, 3.05) is 6.61 Å². The zero-order valence-corrected chi connectivity index (χ0v) is 23.5. The van der Waals surface area contributed by atoms with Crippen LogP contribution >= 0.6 is 0 Å². The van der Waals surface area contributed by atoms with E-state index < -0.39 is 24.1 Å². The topological polar surface area (TPSA) is 114 Å². The molecule has 3 aromatic rings. The minimum absolute atomic E-state index is 0.0522. The molecule has 0 saturated heterocycles. The Morgan fingerprint density at radius 1 is 0.872 bits per heavy atom. The number of fused-ring (bicyclic) bond motifs is 1. The van der Waals surface area contributed by atoms with Gasteiger partial charge in [0.05, 0.1) is 25.4 Å². The first kappa shape index (κ1) is 30.3. The van der Waals surface area contributed by atoms with Gasteiger partial charge in [0.1, 0.15) is 6.04 Å². The molecule has 2 amide bonds. The van der Waals surface area contributed by atoms with Crippen molar-refractivity contribution in [1.82, 2.24) is 10.6 Å². The number of hydrogen-bond acceptors (Lipinski definition) is 5. The Morgan fingerprint density at radius 3 is 2.23 bits per heavy atom. The Labute approximate surface area is 232 Å². The number of carbonyl (C=O) groups excluding carboxylic acids is 2. The second kappa shape index (κ2) is 14.8. The Hall–Kier alpha value is -3.26. The summed E-state index contributed by atoms with van der Waals surface area (Å²) in [6.45, 7) is 8.58. The van der Waals surface area contributed by atoms with Gasteiger partial charge in [-0.25, -0.2) is 0 Å². The molecular formula is C32H43N3O4. The van der Waals surface area contributed by atoms with Crippen molar-refractivity contribution in [2.45, 2.75) is 65.5 Å². The van der Waals surface area contributed by atoms with Crippen LogP contribution in [-0.4, -0.2) is 41.7 Å². The quantitative estimate of drug-likeness (QED) is 0.248. The third kappa shape index (κ3) is 8.88. The van der Waals surface area contributed by atoms with Gasteiger partial charge in [0.15, 0.2) is 0 Å². The van der Waals surface area contributed by atoms with Crippen LogP contribution in [0, 0.1) is 17.8 Å². The molecule has 3 aromatic carbocycles. The molecule has 0 fully saturated rings. The Bertz CT molecular complexity index is 1190. The van der Waals surface area contributed by atoms with Gasteiger partial charge in [-0.05, 0) is 40.2 Å². The number of nitrogens with one attached hydrogen (secondary N) is 2. The Kier molecular flexibility index (Phi) is 11.5. The first-order valence-electron chi connectivity index (χ1n) is 13.8. The predicted molar refractivity (Wildman–Crippen MR) is 156 cm³/mol. The van der Waals surface area contributed by atoms with Gasteiger partial charge >= 0.3 is 0 Å². The van der Waals surface area contributed by atoms with E-state index in [1.54, 1.807) is 0 Å². The molecule has 0 aliphatic carbocycles. The normalized spacial score (nSPS) is 14.7. The zero-order chi connectivity index (χ0) is 28.4. The van der Waals surface area contributed by atoms with Gasteiger partial charge in [-0.1, -0.05) is 100 Å². The minimum Gasteiger partial charge on any atom is -0.391 e. The summed E-state index contributed by atoms with van der Waals surface area (Å²) in [6.07, 6.45) is -0.751. The lowest BCUT2D eigenvalue weighted by atomic mass is 9.87. The molecule has 0 bridgehead atoms. The lowest BCUT2D eigenvalue weighted by Gasteiger charge is -2.29. The van der Waals surface area contributed by atoms with Crippen molar-refractivity contribution < 1.29 is 19.4 Å². The SMILES string of the molecule is CC(C)C(CC(O)C(N)COCc1cccc2ccccc12)C(=O)NC(C(=O)NCc1ccccc1)C(C)C. The highest BCUT2D eigenvalue weighted by molar-refractivity contribution is 5.89.